The Morgan fingerprint density at radius 1 is 1.27 bits per heavy atom. The summed E-state index contributed by atoms with van der Waals surface area (Å²) in [5, 5.41) is 4.02. The molecule has 5 nitrogen and oxygen atoms in total. The number of anilines is 1. The average Bonchev–Trinajstić information content (AvgIpc) is 3.14. The molecule has 1 atom stereocenters. The van der Waals surface area contributed by atoms with Crippen molar-refractivity contribution < 1.29 is 22.0 Å². The van der Waals surface area contributed by atoms with Crippen LogP contribution in [0.25, 0.3) is 0 Å². The summed E-state index contributed by atoms with van der Waals surface area (Å²) in [7, 11) is -3.66. The van der Waals surface area contributed by atoms with E-state index in [1.54, 1.807) is 11.4 Å². The Kier molecular flexibility index (Phi) is 5.69. The summed E-state index contributed by atoms with van der Waals surface area (Å²) in [5.74, 6) is -1.96. The largest absolute Gasteiger partial charge is 0.323 e. The minimum absolute atomic E-state index is 0.111. The number of nitrogens with zero attached hydrogens (tertiary/aromatic N) is 1. The Hall–Kier alpha value is -1.84. The van der Waals surface area contributed by atoms with E-state index in [0.717, 1.165) is 42.4 Å². The zero-order chi connectivity index (χ0) is 18.7. The molecule has 1 saturated heterocycles. The Morgan fingerprint density at radius 3 is 2.81 bits per heavy atom. The van der Waals surface area contributed by atoms with Crippen molar-refractivity contribution in [3.05, 3.63) is 47.3 Å². The number of carbonyl (C=O) groups is 1. The molecule has 1 N–H and O–H groups in total. The van der Waals surface area contributed by atoms with Crippen molar-refractivity contribution in [1.82, 2.24) is 4.31 Å². The van der Waals surface area contributed by atoms with E-state index in [0.29, 0.717) is 13.0 Å². The van der Waals surface area contributed by atoms with Crippen molar-refractivity contribution in [3.63, 3.8) is 0 Å². The fourth-order valence-corrected chi connectivity index (χ4v) is 5.84. The summed E-state index contributed by atoms with van der Waals surface area (Å²) >= 11 is 1.13. The third kappa shape index (κ3) is 4.11. The van der Waals surface area contributed by atoms with E-state index in [4.69, 9.17) is 0 Å². The molecule has 1 aromatic carbocycles. The zero-order valence-electron chi connectivity index (χ0n) is 13.8. The highest BCUT2D eigenvalue weighted by Gasteiger charge is 2.35. The van der Waals surface area contributed by atoms with Crippen molar-refractivity contribution in [2.24, 2.45) is 0 Å². The van der Waals surface area contributed by atoms with Crippen molar-refractivity contribution in [1.29, 1.82) is 0 Å². The van der Waals surface area contributed by atoms with Crippen LogP contribution in [0.1, 0.15) is 25.7 Å². The lowest BCUT2D eigenvalue weighted by molar-refractivity contribution is -0.117. The van der Waals surface area contributed by atoms with Gasteiger partial charge < -0.3 is 5.32 Å². The number of piperidine rings is 1. The summed E-state index contributed by atoms with van der Waals surface area (Å²) in [6.45, 7) is 0.340. The number of nitrogens with one attached hydrogen (secondary N) is 1. The van der Waals surface area contributed by atoms with E-state index in [-0.39, 0.29) is 16.3 Å². The second kappa shape index (κ2) is 7.81. The third-order valence-corrected chi connectivity index (χ3v) is 7.58. The summed E-state index contributed by atoms with van der Waals surface area (Å²) in [4.78, 5) is 12.3. The number of hydrogen-bond acceptors (Lipinski definition) is 4. The molecule has 3 rings (SSSR count). The predicted molar refractivity (Wildman–Crippen MR) is 95.5 cm³/mol. The van der Waals surface area contributed by atoms with Gasteiger partial charge in [-0.15, -0.1) is 11.3 Å². The van der Waals surface area contributed by atoms with Gasteiger partial charge >= 0.3 is 0 Å². The molecule has 1 amide bonds. The molecule has 0 saturated carbocycles. The van der Waals surface area contributed by atoms with E-state index in [1.165, 1.54) is 10.4 Å². The molecule has 0 aliphatic carbocycles. The number of hydrogen-bond donors (Lipinski definition) is 1. The lowest BCUT2D eigenvalue weighted by Crippen LogP contribution is -2.45. The van der Waals surface area contributed by atoms with Crippen LogP contribution in [0.15, 0.2) is 39.9 Å². The van der Waals surface area contributed by atoms with Crippen LogP contribution in [0.4, 0.5) is 14.5 Å². The normalized spacial score (nSPS) is 18.6. The van der Waals surface area contributed by atoms with Gasteiger partial charge in [-0.2, -0.15) is 4.31 Å². The van der Waals surface area contributed by atoms with E-state index >= 15 is 0 Å². The van der Waals surface area contributed by atoms with Crippen molar-refractivity contribution in [3.8, 4) is 0 Å². The second-order valence-electron chi connectivity index (χ2n) is 6.07. The van der Waals surface area contributed by atoms with E-state index in [2.05, 4.69) is 5.32 Å². The molecule has 0 spiro atoms. The van der Waals surface area contributed by atoms with Crippen LogP contribution in [0.5, 0.6) is 0 Å². The number of benzene rings is 1. The first-order chi connectivity index (χ1) is 12.4. The Balaban J connectivity index is 1.74. The standard InChI is InChI=1S/C17H18F2N2O3S2/c18-12-6-7-14(19)15(10-12)20-16(22)11-13-4-1-2-8-21(13)26(23,24)17-5-3-9-25-17/h3,5-7,9-10,13H,1-2,4,8,11H2,(H,20,22)/t13-/m1/s1. The lowest BCUT2D eigenvalue weighted by Gasteiger charge is -2.34. The van der Waals surface area contributed by atoms with Gasteiger partial charge in [0.2, 0.25) is 5.91 Å². The van der Waals surface area contributed by atoms with E-state index in [9.17, 15) is 22.0 Å². The number of sulfonamides is 1. The monoisotopic (exact) mass is 400 g/mol. The molecule has 2 heterocycles. The van der Waals surface area contributed by atoms with Gasteiger partial charge in [0.15, 0.2) is 0 Å². The maximum Gasteiger partial charge on any atom is 0.252 e. The van der Waals surface area contributed by atoms with Crippen LogP contribution >= 0.6 is 11.3 Å². The Morgan fingerprint density at radius 2 is 2.08 bits per heavy atom. The fraction of sp³-hybridized carbons (Fsp3) is 0.353. The molecule has 1 aliphatic rings. The van der Waals surface area contributed by atoms with Crippen LogP contribution in [-0.4, -0.2) is 31.2 Å². The van der Waals surface area contributed by atoms with E-state index in [1.807, 2.05) is 0 Å². The summed E-state index contributed by atoms with van der Waals surface area (Å²) < 4.78 is 54.1. The predicted octanol–water partition coefficient (Wildman–Crippen LogP) is 3.60. The van der Waals surface area contributed by atoms with Crippen LogP contribution in [0.2, 0.25) is 0 Å². The minimum Gasteiger partial charge on any atom is -0.323 e. The Bertz CT molecular complexity index is 885. The Labute approximate surface area is 154 Å². The van der Waals surface area contributed by atoms with Crippen molar-refractivity contribution in [2.45, 2.75) is 35.9 Å². The molecule has 1 fully saturated rings. The summed E-state index contributed by atoms with van der Waals surface area (Å²) in [6.07, 6.45) is 1.97. The highest BCUT2D eigenvalue weighted by Crippen LogP contribution is 2.29. The average molecular weight is 400 g/mol. The molecule has 26 heavy (non-hydrogen) atoms. The first-order valence-corrected chi connectivity index (χ1v) is 10.5. The van der Waals surface area contributed by atoms with Crippen LogP contribution < -0.4 is 5.32 Å². The van der Waals surface area contributed by atoms with Gasteiger partial charge in [0, 0.05) is 25.1 Å². The molecule has 9 heteroatoms. The van der Waals surface area contributed by atoms with Gasteiger partial charge in [0.25, 0.3) is 10.0 Å². The molecule has 1 aliphatic heterocycles. The maximum absolute atomic E-state index is 13.7. The van der Waals surface area contributed by atoms with Crippen LogP contribution in [0.3, 0.4) is 0 Å². The van der Waals surface area contributed by atoms with Crippen LogP contribution in [0, 0.1) is 11.6 Å². The van der Waals surface area contributed by atoms with Gasteiger partial charge in [-0.05, 0) is 36.4 Å². The lowest BCUT2D eigenvalue weighted by atomic mass is 10.0. The number of halogens is 2. The second-order valence-corrected chi connectivity index (χ2v) is 9.14. The molecular weight excluding hydrogens is 382 g/mol. The molecule has 1 aromatic heterocycles. The fourth-order valence-electron chi connectivity index (χ4n) is 3.03. The number of carbonyl (C=O) groups excluding carboxylic acids is 1. The highest BCUT2D eigenvalue weighted by molar-refractivity contribution is 7.91. The van der Waals surface area contributed by atoms with Gasteiger partial charge in [-0.1, -0.05) is 12.5 Å². The highest BCUT2D eigenvalue weighted by atomic mass is 32.2. The molecule has 140 valence electrons. The topological polar surface area (TPSA) is 66.5 Å². The first-order valence-electron chi connectivity index (χ1n) is 8.18. The van der Waals surface area contributed by atoms with Gasteiger partial charge in [0.05, 0.1) is 5.69 Å². The van der Waals surface area contributed by atoms with Crippen molar-refractivity contribution >= 4 is 33.0 Å². The molecule has 0 unspecified atom stereocenters. The third-order valence-electron chi connectivity index (χ3n) is 4.25. The number of thiophene rings is 1. The molecule has 0 radical (unpaired) electrons. The van der Waals surface area contributed by atoms with Crippen LogP contribution in [-0.2, 0) is 14.8 Å². The zero-order valence-corrected chi connectivity index (χ0v) is 15.5. The molecule has 0 bridgehead atoms. The number of rotatable bonds is 5. The quantitative estimate of drug-likeness (QED) is 0.834. The number of amides is 1. The molecule has 2 aromatic rings. The molecular formula is C17H18F2N2O3S2. The first kappa shape index (κ1) is 18.9. The van der Waals surface area contributed by atoms with E-state index < -0.39 is 33.6 Å². The maximum atomic E-state index is 13.7. The smallest absolute Gasteiger partial charge is 0.252 e. The van der Waals surface area contributed by atoms with Gasteiger partial charge in [-0.25, -0.2) is 17.2 Å². The van der Waals surface area contributed by atoms with Gasteiger partial charge in [0.1, 0.15) is 15.8 Å². The minimum atomic E-state index is -3.66. The summed E-state index contributed by atoms with van der Waals surface area (Å²) in [6, 6.07) is 5.48. The van der Waals surface area contributed by atoms with Gasteiger partial charge in [-0.3, -0.25) is 4.79 Å². The SMILES string of the molecule is O=C(C[C@H]1CCCCN1S(=O)(=O)c1cccs1)Nc1cc(F)ccc1F. The van der Waals surface area contributed by atoms with Crippen molar-refractivity contribution in [2.75, 3.05) is 11.9 Å². The summed E-state index contributed by atoms with van der Waals surface area (Å²) in [5.41, 5.74) is -0.251.